The summed E-state index contributed by atoms with van der Waals surface area (Å²) in [5.41, 5.74) is 0.911. The first-order chi connectivity index (χ1) is 13.4. The van der Waals surface area contributed by atoms with Gasteiger partial charge in [0.2, 0.25) is 0 Å². The Kier molecular flexibility index (Phi) is 5.02. The zero-order valence-electron chi connectivity index (χ0n) is 15.3. The number of nitrogens with one attached hydrogen (secondary N) is 1. The molecule has 1 N–H and O–H groups in total. The second-order valence-corrected chi connectivity index (χ2v) is 7.48. The van der Waals surface area contributed by atoms with Gasteiger partial charge >= 0.3 is 12.2 Å². The van der Waals surface area contributed by atoms with Gasteiger partial charge in [0, 0.05) is 37.4 Å². The molecule has 0 radical (unpaired) electrons. The standard InChI is InChI=1S/C21H22F3N3O/c22-21(23,24)16-6-8-17(9-7-16)25-20(28)27-18-10-11-19(27)14-26(13-18)12-15-4-2-1-3-5-15/h1-9,18-19H,10-14H2,(H,25,28). The summed E-state index contributed by atoms with van der Waals surface area (Å²) < 4.78 is 38.0. The number of rotatable bonds is 3. The Morgan fingerprint density at radius 2 is 1.57 bits per heavy atom. The van der Waals surface area contributed by atoms with Crippen LogP contribution in [0.25, 0.3) is 0 Å². The molecule has 2 bridgehead atoms. The van der Waals surface area contributed by atoms with Crippen LogP contribution in [0.1, 0.15) is 24.0 Å². The van der Waals surface area contributed by atoms with Gasteiger partial charge in [-0.3, -0.25) is 4.90 Å². The van der Waals surface area contributed by atoms with Crippen LogP contribution in [0.2, 0.25) is 0 Å². The number of alkyl halides is 3. The topological polar surface area (TPSA) is 35.6 Å². The summed E-state index contributed by atoms with van der Waals surface area (Å²) in [5.74, 6) is 0. The largest absolute Gasteiger partial charge is 0.416 e. The molecule has 28 heavy (non-hydrogen) atoms. The van der Waals surface area contributed by atoms with E-state index in [4.69, 9.17) is 0 Å². The van der Waals surface area contributed by atoms with Crippen molar-refractivity contribution < 1.29 is 18.0 Å². The average molecular weight is 389 g/mol. The fourth-order valence-corrected chi connectivity index (χ4v) is 4.22. The number of likely N-dealkylation sites (tertiary alicyclic amines) is 1. The first-order valence-corrected chi connectivity index (χ1v) is 9.43. The van der Waals surface area contributed by atoms with Gasteiger partial charge in [0.05, 0.1) is 5.56 Å². The van der Waals surface area contributed by atoms with Crippen LogP contribution >= 0.6 is 0 Å². The number of halogens is 3. The van der Waals surface area contributed by atoms with E-state index in [1.165, 1.54) is 17.7 Å². The number of carbonyl (C=O) groups is 1. The van der Waals surface area contributed by atoms with E-state index >= 15 is 0 Å². The predicted molar refractivity (Wildman–Crippen MR) is 101 cm³/mol. The maximum Gasteiger partial charge on any atom is 0.416 e. The smallest absolute Gasteiger partial charge is 0.316 e. The monoisotopic (exact) mass is 389 g/mol. The number of hydrogen-bond acceptors (Lipinski definition) is 2. The van der Waals surface area contributed by atoms with Crippen LogP contribution in [0.5, 0.6) is 0 Å². The average Bonchev–Trinajstić information content (AvgIpc) is 2.93. The Balaban J connectivity index is 1.38. The molecule has 2 saturated heterocycles. The third kappa shape index (κ3) is 3.99. The minimum Gasteiger partial charge on any atom is -0.316 e. The Bertz CT molecular complexity index is 809. The summed E-state index contributed by atoms with van der Waals surface area (Å²) in [6, 6.07) is 14.9. The summed E-state index contributed by atoms with van der Waals surface area (Å²) in [4.78, 5) is 17.0. The number of urea groups is 1. The van der Waals surface area contributed by atoms with Gasteiger partial charge in [-0.1, -0.05) is 30.3 Å². The molecule has 4 rings (SSSR count). The lowest BCUT2D eigenvalue weighted by molar-refractivity contribution is -0.137. The Morgan fingerprint density at radius 3 is 2.14 bits per heavy atom. The molecule has 7 heteroatoms. The molecule has 2 atom stereocenters. The fourth-order valence-electron chi connectivity index (χ4n) is 4.22. The van der Waals surface area contributed by atoms with Gasteiger partial charge in [-0.2, -0.15) is 13.2 Å². The van der Waals surface area contributed by atoms with Gasteiger partial charge in [-0.25, -0.2) is 4.79 Å². The second kappa shape index (κ2) is 7.47. The van der Waals surface area contributed by atoms with Crippen LogP contribution in [0.4, 0.5) is 23.7 Å². The Morgan fingerprint density at radius 1 is 0.964 bits per heavy atom. The van der Waals surface area contributed by atoms with Gasteiger partial charge in [0.1, 0.15) is 0 Å². The normalized spacial score (nSPS) is 22.3. The van der Waals surface area contributed by atoms with E-state index in [-0.39, 0.29) is 18.1 Å². The van der Waals surface area contributed by atoms with Crippen LogP contribution in [-0.4, -0.2) is 41.0 Å². The molecule has 2 heterocycles. The zero-order valence-corrected chi connectivity index (χ0v) is 15.3. The molecular formula is C21H22F3N3O. The number of nitrogens with zero attached hydrogens (tertiary/aromatic N) is 2. The van der Waals surface area contributed by atoms with E-state index in [1.807, 2.05) is 23.1 Å². The number of amides is 2. The zero-order chi connectivity index (χ0) is 19.7. The van der Waals surface area contributed by atoms with Gasteiger partial charge in [0.25, 0.3) is 0 Å². The summed E-state index contributed by atoms with van der Waals surface area (Å²) in [5, 5.41) is 2.76. The van der Waals surface area contributed by atoms with Crippen molar-refractivity contribution in [2.75, 3.05) is 18.4 Å². The highest BCUT2D eigenvalue weighted by molar-refractivity contribution is 5.90. The lowest BCUT2D eigenvalue weighted by Crippen LogP contribution is -2.56. The maximum atomic E-state index is 12.7. The number of fused-ring (bicyclic) bond motifs is 2. The fraction of sp³-hybridized carbons (Fsp3) is 0.381. The van der Waals surface area contributed by atoms with Crippen LogP contribution in [0.15, 0.2) is 54.6 Å². The van der Waals surface area contributed by atoms with Crippen molar-refractivity contribution in [2.45, 2.75) is 37.6 Å². The number of anilines is 1. The van der Waals surface area contributed by atoms with Crippen molar-refractivity contribution >= 4 is 11.7 Å². The molecule has 4 nitrogen and oxygen atoms in total. The van der Waals surface area contributed by atoms with Crippen molar-refractivity contribution in [1.29, 1.82) is 0 Å². The molecule has 0 aromatic heterocycles. The number of benzene rings is 2. The summed E-state index contributed by atoms with van der Waals surface area (Å²) >= 11 is 0. The highest BCUT2D eigenvalue weighted by Gasteiger charge is 2.42. The van der Waals surface area contributed by atoms with Crippen LogP contribution in [0.3, 0.4) is 0 Å². The van der Waals surface area contributed by atoms with E-state index < -0.39 is 11.7 Å². The predicted octanol–water partition coefficient (Wildman–Crippen LogP) is 4.59. The minimum absolute atomic E-state index is 0.136. The SMILES string of the molecule is O=C(Nc1ccc(C(F)(F)F)cc1)N1C2CCC1CN(Cc1ccccc1)C2. The van der Waals surface area contributed by atoms with Crippen molar-refractivity contribution in [1.82, 2.24) is 9.80 Å². The maximum absolute atomic E-state index is 12.7. The second-order valence-electron chi connectivity index (χ2n) is 7.48. The summed E-state index contributed by atoms with van der Waals surface area (Å²) in [6.07, 6.45) is -2.47. The summed E-state index contributed by atoms with van der Waals surface area (Å²) in [7, 11) is 0. The number of hydrogen-bond donors (Lipinski definition) is 1. The quantitative estimate of drug-likeness (QED) is 0.834. The molecule has 2 aromatic rings. The van der Waals surface area contributed by atoms with E-state index in [2.05, 4.69) is 22.3 Å². The molecule has 2 aliphatic rings. The van der Waals surface area contributed by atoms with Crippen LogP contribution < -0.4 is 5.32 Å². The van der Waals surface area contributed by atoms with Crippen LogP contribution in [-0.2, 0) is 12.7 Å². The van der Waals surface area contributed by atoms with Gasteiger partial charge < -0.3 is 10.2 Å². The molecule has 0 saturated carbocycles. The van der Waals surface area contributed by atoms with Crippen molar-refractivity contribution in [3.8, 4) is 0 Å². The highest BCUT2D eigenvalue weighted by atomic mass is 19.4. The molecule has 0 spiro atoms. The third-order valence-corrected chi connectivity index (χ3v) is 5.50. The number of piperazine rings is 1. The molecular weight excluding hydrogens is 367 g/mol. The van der Waals surface area contributed by atoms with E-state index in [0.29, 0.717) is 5.69 Å². The molecule has 2 aromatic carbocycles. The first kappa shape index (κ1) is 18.8. The van der Waals surface area contributed by atoms with E-state index in [0.717, 1.165) is 44.6 Å². The highest BCUT2D eigenvalue weighted by Crippen LogP contribution is 2.32. The lowest BCUT2D eigenvalue weighted by Gasteiger charge is -2.41. The van der Waals surface area contributed by atoms with E-state index in [1.54, 1.807) is 0 Å². The minimum atomic E-state index is -4.38. The molecule has 148 valence electrons. The van der Waals surface area contributed by atoms with Gasteiger partial charge in [-0.05, 0) is 42.7 Å². The van der Waals surface area contributed by atoms with Crippen molar-refractivity contribution in [3.63, 3.8) is 0 Å². The molecule has 0 aliphatic carbocycles. The first-order valence-electron chi connectivity index (χ1n) is 9.43. The van der Waals surface area contributed by atoms with Crippen LogP contribution in [0, 0.1) is 0 Å². The molecule has 2 aliphatic heterocycles. The Labute approximate surface area is 161 Å². The number of carbonyl (C=O) groups excluding carboxylic acids is 1. The van der Waals surface area contributed by atoms with E-state index in [9.17, 15) is 18.0 Å². The Hall–Kier alpha value is -2.54. The third-order valence-electron chi connectivity index (χ3n) is 5.50. The van der Waals surface area contributed by atoms with Crippen molar-refractivity contribution in [2.24, 2.45) is 0 Å². The van der Waals surface area contributed by atoms with Gasteiger partial charge in [-0.15, -0.1) is 0 Å². The van der Waals surface area contributed by atoms with Crippen molar-refractivity contribution in [3.05, 3.63) is 65.7 Å². The molecule has 2 amide bonds. The van der Waals surface area contributed by atoms with Gasteiger partial charge in [0.15, 0.2) is 0 Å². The molecule has 2 unspecified atom stereocenters. The summed E-state index contributed by atoms with van der Waals surface area (Å²) in [6.45, 7) is 2.49. The lowest BCUT2D eigenvalue weighted by atomic mass is 10.1. The molecule has 2 fully saturated rings.